The van der Waals surface area contributed by atoms with Gasteiger partial charge in [-0.05, 0) is 23.3 Å². The first-order valence-corrected chi connectivity index (χ1v) is 12.0. The molecule has 2 aromatic carbocycles. The quantitative estimate of drug-likeness (QED) is 0.195. The summed E-state index contributed by atoms with van der Waals surface area (Å²) < 4.78 is 47.5. The van der Waals surface area contributed by atoms with Crippen molar-refractivity contribution in [1.82, 2.24) is 9.99 Å². The van der Waals surface area contributed by atoms with Gasteiger partial charge in [0.15, 0.2) is 0 Å². The van der Waals surface area contributed by atoms with Gasteiger partial charge in [-0.1, -0.05) is 42.5 Å². The highest BCUT2D eigenvalue weighted by molar-refractivity contribution is 7.21. The van der Waals surface area contributed by atoms with Crippen LogP contribution in [0.25, 0.3) is 21.2 Å². The molecule has 12 heteroatoms. The number of halogens is 3. The summed E-state index contributed by atoms with van der Waals surface area (Å²) in [6.07, 6.45) is -2.67. The van der Waals surface area contributed by atoms with Gasteiger partial charge in [-0.25, -0.2) is 10.8 Å². The highest BCUT2D eigenvalue weighted by Crippen LogP contribution is 2.43. The molecule has 0 saturated heterocycles. The third-order valence-corrected chi connectivity index (χ3v) is 7.07. The molecule has 0 spiro atoms. The third kappa shape index (κ3) is 5.01. The van der Waals surface area contributed by atoms with E-state index in [2.05, 4.69) is 4.98 Å². The van der Waals surface area contributed by atoms with E-state index >= 15 is 0 Å². The molecule has 198 valence electrons. The Morgan fingerprint density at radius 2 is 1.84 bits per heavy atom. The molecule has 0 saturated carbocycles. The summed E-state index contributed by atoms with van der Waals surface area (Å²) in [6, 6.07) is 15.2. The number of hydrogen-bond acceptors (Lipinski definition) is 8. The molecule has 4 aromatic rings. The predicted molar refractivity (Wildman–Crippen MR) is 139 cm³/mol. The average Bonchev–Trinajstić information content (AvgIpc) is 3.27. The lowest BCUT2D eigenvalue weighted by Gasteiger charge is -2.32. The van der Waals surface area contributed by atoms with Crippen LogP contribution in [0, 0.1) is 0 Å². The number of amides is 1. The number of aliphatic hydroxyl groups is 1. The van der Waals surface area contributed by atoms with Crippen molar-refractivity contribution in [3.05, 3.63) is 94.8 Å². The van der Waals surface area contributed by atoms with Crippen LogP contribution >= 0.6 is 11.3 Å². The summed E-state index contributed by atoms with van der Waals surface area (Å²) in [6.45, 7) is -0.0391. The first-order chi connectivity index (χ1) is 18.0. The van der Waals surface area contributed by atoms with Crippen LogP contribution < -0.4 is 22.0 Å². The number of pyridine rings is 1. The van der Waals surface area contributed by atoms with Gasteiger partial charge in [0, 0.05) is 39.7 Å². The Bertz CT molecular complexity index is 1490. The number of ether oxygens (including phenoxy) is 1. The van der Waals surface area contributed by atoms with Gasteiger partial charge in [0.25, 0.3) is 5.91 Å². The zero-order chi connectivity index (χ0) is 27.7. The number of hydrogen-bond donors (Lipinski definition) is 4. The number of benzene rings is 2. The number of methoxy groups -OCH3 is 1. The number of nitrogens with two attached hydrogens (primary N) is 3. The summed E-state index contributed by atoms with van der Waals surface area (Å²) in [5.74, 6) is 5.78. The van der Waals surface area contributed by atoms with Crippen LogP contribution in [0.5, 0.6) is 5.88 Å². The fourth-order valence-corrected chi connectivity index (χ4v) is 5.19. The maximum absolute atomic E-state index is 13.9. The Hall–Kier alpha value is -4.13. The van der Waals surface area contributed by atoms with Crippen LogP contribution in [0.1, 0.15) is 20.8 Å². The zero-order valence-electron chi connectivity index (χ0n) is 20.1. The van der Waals surface area contributed by atoms with Crippen molar-refractivity contribution in [2.45, 2.75) is 18.3 Å². The summed E-state index contributed by atoms with van der Waals surface area (Å²) >= 11 is 1.18. The van der Waals surface area contributed by atoms with Gasteiger partial charge in [-0.2, -0.15) is 13.2 Å². The van der Waals surface area contributed by atoms with Crippen LogP contribution in [0.15, 0.2) is 78.8 Å². The standard InChI is InChI=1S/C26H24F3N5O3S/c1-37-21-10-8-16(12-33-21)22-18-9-7-15(11-19(18)38-23(22)24(31)35)13-34(32)14-20(30)25(36,26(27,28)29)17-5-3-2-4-6-17/h2-12,14,36H,13,30,32H2,1H3,(H2,31,35)/b20-14-. The molecule has 7 N–H and O–H groups in total. The minimum atomic E-state index is -5.09. The number of fused-ring (bicyclic) bond motifs is 1. The number of nitrogens with zero attached hydrogens (tertiary/aromatic N) is 2. The monoisotopic (exact) mass is 543 g/mol. The third-order valence-electron chi connectivity index (χ3n) is 5.90. The van der Waals surface area contributed by atoms with Crippen LogP contribution in [0.2, 0.25) is 0 Å². The highest BCUT2D eigenvalue weighted by atomic mass is 32.1. The molecule has 1 unspecified atom stereocenters. The SMILES string of the molecule is COc1ccc(-c2c(C(N)=O)sc3cc(CN(N)/C=C(\N)C(O)(c4ccccc4)C(F)(F)F)ccc23)cn1. The minimum absolute atomic E-state index is 0.0391. The van der Waals surface area contributed by atoms with E-state index in [4.69, 9.17) is 22.0 Å². The number of primary amides is 1. The topological polar surface area (TPSA) is 141 Å². The molecular weight excluding hydrogens is 519 g/mol. The fraction of sp³-hybridized carbons (Fsp3) is 0.154. The maximum Gasteiger partial charge on any atom is 0.427 e. The Balaban J connectivity index is 1.66. The number of carbonyl (C=O) groups excluding carboxylic acids is 1. The van der Waals surface area contributed by atoms with Crippen LogP contribution in [-0.2, 0) is 12.1 Å². The Morgan fingerprint density at radius 1 is 1.13 bits per heavy atom. The van der Waals surface area contributed by atoms with Gasteiger partial charge in [0.1, 0.15) is 4.88 Å². The van der Waals surface area contributed by atoms with E-state index in [0.717, 1.165) is 28.7 Å². The van der Waals surface area contributed by atoms with E-state index in [1.807, 2.05) is 0 Å². The molecule has 0 radical (unpaired) electrons. The Kier molecular flexibility index (Phi) is 7.31. The number of thiophene rings is 1. The average molecular weight is 544 g/mol. The second-order valence-corrected chi connectivity index (χ2v) is 9.47. The number of alkyl halides is 3. The molecule has 0 bridgehead atoms. The van der Waals surface area contributed by atoms with Crippen molar-refractivity contribution in [3.63, 3.8) is 0 Å². The molecule has 8 nitrogen and oxygen atoms in total. The first kappa shape index (κ1) is 26.9. The molecule has 2 aromatic heterocycles. The van der Waals surface area contributed by atoms with E-state index in [1.165, 1.54) is 36.6 Å². The molecule has 1 atom stereocenters. The number of hydrazine groups is 1. The first-order valence-electron chi connectivity index (χ1n) is 11.1. The van der Waals surface area contributed by atoms with Gasteiger partial charge < -0.3 is 26.3 Å². The van der Waals surface area contributed by atoms with Crippen LogP contribution in [0.3, 0.4) is 0 Å². The molecule has 2 heterocycles. The molecular formula is C26H24F3N5O3S. The number of aromatic nitrogens is 1. The molecule has 4 rings (SSSR count). The van der Waals surface area contributed by atoms with Gasteiger partial charge in [-0.3, -0.25) is 4.79 Å². The van der Waals surface area contributed by atoms with Gasteiger partial charge in [-0.15, -0.1) is 11.3 Å². The van der Waals surface area contributed by atoms with Crippen molar-refractivity contribution < 1.29 is 27.8 Å². The van der Waals surface area contributed by atoms with Crippen LogP contribution in [-0.4, -0.2) is 34.3 Å². The van der Waals surface area contributed by atoms with Crippen LogP contribution in [0.4, 0.5) is 13.2 Å². The summed E-state index contributed by atoms with van der Waals surface area (Å²) in [5, 5.41) is 12.3. The molecule has 0 aliphatic heterocycles. The minimum Gasteiger partial charge on any atom is -0.481 e. The van der Waals surface area contributed by atoms with Gasteiger partial charge in [0.05, 0.1) is 19.4 Å². The Labute approximate surface area is 219 Å². The molecule has 0 aliphatic rings. The summed E-state index contributed by atoms with van der Waals surface area (Å²) in [4.78, 5) is 16.7. The summed E-state index contributed by atoms with van der Waals surface area (Å²) in [5.41, 5.74) is 8.55. The normalized spacial score (nSPS) is 13.8. The van der Waals surface area contributed by atoms with Gasteiger partial charge >= 0.3 is 6.18 Å². The molecule has 38 heavy (non-hydrogen) atoms. The smallest absolute Gasteiger partial charge is 0.427 e. The lowest BCUT2D eigenvalue weighted by Crippen LogP contribution is -2.47. The van der Waals surface area contributed by atoms with Gasteiger partial charge in [0.2, 0.25) is 11.5 Å². The van der Waals surface area contributed by atoms with Crippen molar-refractivity contribution in [2.24, 2.45) is 17.3 Å². The number of rotatable bonds is 8. The van der Waals surface area contributed by atoms with Crippen molar-refractivity contribution in [1.29, 1.82) is 0 Å². The van der Waals surface area contributed by atoms with E-state index in [9.17, 15) is 23.1 Å². The van der Waals surface area contributed by atoms with Crippen molar-refractivity contribution in [3.8, 4) is 17.0 Å². The summed E-state index contributed by atoms with van der Waals surface area (Å²) in [7, 11) is 1.49. The largest absolute Gasteiger partial charge is 0.481 e. The van der Waals surface area contributed by atoms with E-state index in [-0.39, 0.29) is 6.54 Å². The van der Waals surface area contributed by atoms with E-state index < -0.39 is 28.9 Å². The Morgan fingerprint density at radius 3 is 2.42 bits per heavy atom. The van der Waals surface area contributed by atoms with Crippen molar-refractivity contribution in [2.75, 3.05) is 7.11 Å². The highest BCUT2D eigenvalue weighted by Gasteiger charge is 2.57. The molecule has 0 aliphatic carbocycles. The second-order valence-electron chi connectivity index (χ2n) is 8.42. The lowest BCUT2D eigenvalue weighted by molar-refractivity contribution is -0.250. The fourth-order valence-electron chi connectivity index (χ4n) is 4.05. The number of carbonyl (C=O) groups is 1. The molecule has 0 fully saturated rings. The van der Waals surface area contributed by atoms with E-state index in [1.54, 1.807) is 36.5 Å². The van der Waals surface area contributed by atoms with Crippen molar-refractivity contribution >= 4 is 27.3 Å². The second kappa shape index (κ2) is 10.3. The molecule has 1 amide bonds. The van der Waals surface area contributed by atoms with E-state index in [0.29, 0.717) is 32.1 Å². The zero-order valence-corrected chi connectivity index (χ0v) is 20.9. The predicted octanol–water partition coefficient (Wildman–Crippen LogP) is 4.00. The maximum atomic E-state index is 13.9. The lowest BCUT2D eigenvalue weighted by atomic mass is 9.90.